The fourth-order valence-corrected chi connectivity index (χ4v) is 1.60. The Morgan fingerprint density at radius 2 is 2.38 bits per heavy atom. The highest BCUT2D eigenvalue weighted by atomic mass is 16.1. The number of Topliss-reactive ketones (excluding diaryl/α,β-unsaturated/α-hetero) is 1. The molecule has 3 heteroatoms. The van der Waals surface area contributed by atoms with Crippen LogP contribution < -0.4 is 0 Å². The van der Waals surface area contributed by atoms with Gasteiger partial charge in [0.1, 0.15) is 0 Å². The third-order valence-corrected chi connectivity index (χ3v) is 2.34. The molecule has 2 rings (SSSR count). The molecule has 1 aliphatic rings. The number of aromatic nitrogens is 2. The molecule has 0 amide bonds. The van der Waals surface area contributed by atoms with Crippen LogP contribution in [0.1, 0.15) is 36.0 Å². The van der Waals surface area contributed by atoms with Crippen molar-refractivity contribution in [1.29, 1.82) is 0 Å². The molecule has 0 fully saturated rings. The summed E-state index contributed by atoms with van der Waals surface area (Å²) >= 11 is 0. The second-order valence-corrected chi connectivity index (χ2v) is 3.29. The van der Waals surface area contributed by atoms with Crippen molar-refractivity contribution in [2.45, 2.75) is 25.7 Å². The Balaban J connectivity index is 2.17. The van der Waals surface area contributed by atoms with E-state index in [9.17, 15) is 4.79 Å². The molecule has 0 aromatic carbocycles. The fraction of sp³-hybridized carbons (Fsp3) is 0.400. The van der Waals surface area contributed by atoms with Crippen LogP contribution in [0.5, 0.6) is 0 Å². The van der Waals surface area contributed by atoms with Gasteiger partial charge in [0.15, 0.2) is 5.78 Å². The maximum absolute atomic E-state index is 11.7. The highest BCUT2D eigenvalue weighted by Crippen LogP contribution is 2.20. The van der Waals surface area contributed by atoms with Crippen molar-refractivity contribution < 1.29 is 4.79 Å². The van der Waals surface area contributed by atoms with E-state index in [1.807, 2.05) is 0 Å². The zero-order chi connectivity index (χ0) is 9.10. The number of H-pyrrole nitrogens is 1. The van der Waals surface area contributed by atoms with Gasteiger partial charge in [0.05, 0.1) is 11.8 Å². The van der Waals surface area contributed by atoms with Crippen LogP contribution in [-0.4, -0.2) is 16.0 Å². The predicted molar refractivity (Wildman–Crippen MR) is 49.5 cm³/mol. The van der Waals surface area contributed by atoms with E-state index in [1.54, 1.807) is 12.4 Å². The van der Waals surface area contributed by atoms with E-state index in [4.69, 9.17) is 0 Å². The summed E-state index contributed by atoms with van der Waals surface area (Å²) < 4.78 is 0. The molecule has 1 N–H and O–H groups in total. The summed E-state index contributed by atoms with van der Waals surface area (Å²) in [7, 11) is 0. The third kappa shape index (κ3) is 1.69. The molecule has 1 aliphatic carbocycles. The number of allylic oxidation sites excluding steroid dienone is 2. The number of nitrogens with zero attached hydrogens (tertiary/aromatic N) is 1. The lowest BCUT2D eigenvalue weighted by Gasteiger charge is -2.09. The molecule has 0 saturated heterocycles. The minimum absolute atomic E-state index is 0.133. The van der Waals surface area contributed by atoms with Crippen LogP contribution in [0.25, 0.3) is 0 Å². The van der Waals surface area contributed by atoms with E-state index in [0.29, 0.717) is 5.56 Å². The van der Waals surface area contributed by atoms with Crippen LogP contribution in [0.3, 0.4) is 0 Å². The van der Waals surface area contributed by atoms with Gasteiger partial charge in [-0.1, -0.05) is 6.08 Å². The van der Waals surface area contributed by atoms with Gasteiger partial charge in [-0.3, -0.25) is 9.89 Å². The molecule has 1 heterocycles. The van der Waals surface area contributed by atoms with E-state index in [1.165, 1.54) is 6.42 Å². The topological polar surface area (TPSA) is 45.8 Å². The molecule has 0 aliphatic heterocycles. The van der Waals surface area contributed by atoms with Crippen molar-refractivity contribution in [3.05, 3.63) is 29.6 Å². The molecule has 0 bridgehead atoms. The minimum atomic E-state index is 0.133. The molecular weight excluding hydrogens is 164 g/mol. The molecular formula is C10H12N2O. The number of carbonyl (C=O) groups excluding carboxylic acids is 1. The van der Waals surface area contributed by atoms with E-state index < -0.39 is 0 Å². The summed E-state index contributed by atoms with van der Waals surface area (Å²) in [4.78, 5) is 11.7. The first kappa shape index (κ1) is 8.23. The maximum atomic E-state index is 11.7. The van der Waals surface area contributed by atoms with Gasteiger partial charge in [0.25, 0.3) is 0 Å². The molecule has 0 radical (unpaired) electrons. The predicted octanol–water partition coefficient (Wildman–Crippen LogP) is 2.09. The molecule has 13 heavy (non-hydrogen) atoms. The molecule has 1 aromatic rings. The van der Waals surface area contributed by atoms with Gasteiger partial charge >= 0.3 is 0 Å². The summed E-state index contributed by atoms with van der Waals surface area (Å²) in [6, 6.07) is 0. The van der Waals surface area contributed by atoms with Crippen LogP contribution in [-0.2, 0) is 0 Å². The van der Waals surface area contributed by atoms with Gasteiger partial charge in [0.2, 0.25) is 0 Å². The smallest absolute Gasteiger partial charge is 0.191 e. The Morgan fingerprint density at radius 3 is 3.00 bits per heavy atom. The highest BCUT2D eigenvalue weighted by Gasteiger charge is 2.14. The monoisotopic (exact) mass is 176 g/mol. The van der Waals surface area contributed by atoms with Crippen LogP contribution in [0, 0.1) is 0 Å². The van der Waals surface area contributed by atoms with Crippen LogP contribution in [0.2, 0.25) is 0 Å². The number of nitrogens with one attached hydrogen (secondary N) is 1. The lowest BCUT2D eigenvalue weighted by Crippen LogP contribution is -2.05. The SMILES string of the molecule is O=C(C1=CCCCC1)c1cn[nH]c1. The van der Waals surface area contributed by atoms with Crippen molar-refractivity contribution >= 4 is 5.78 Å². The Labute approximate surface area is 76.8 Å². The zero-order valence-electron chi connectivity index (χ0n) is 7.42. The Bertz CT molecular complexity index is 325. The standard InChI is InChI=1S/C10H12N2O/c13-10(9-6-11-12-7-9)8-4-2-1-3-5-8/h4,6-7H,1-3,5H2,(H,11,12). The number of hydrogen-bond donors (Lipinski definition) is 1. The molecule has 0 atom stereocenters. The van der Waals surface area contributed by atoms with Crippen molar-refractivity contribution in [2.75, 3.05) is 0 Å². The van der Waals surface area contributed by atoms with Crippen LogP contribution >= 0.6 is 0 Å². The van der Waals surface area contributed by atoms with Gasteiger partial charge in [-0.15, -0.1) is 0 Å². The first-order valence-corrected chi connectivity index (χ1v) is 4.60. The van der Waals surface area contributed by atoms with Gasteiger partial charge in [-0.2, -0.15) is 5.10 Å². The molecule has 0 saturated carbocycles. The Morgan fingerprint density at radius 1 is 1.46 bits per heavy atom. The quantitative estimate of drug-likeness (QED) is 0.701. The van der Waals surface area contributed by atoms with Crippen molar-refractivity contribution in [3.63, 3.8) is 0 Å². The first-order chi connectivity index (χ1) is 6.38. The Kier molecular flexibility index (Phi) is 2.25. The second-order valence-electron chi connectivity index (χ2n) is 3.29. The number of ketones is 1. The van der Waals surface area contributed by atoms with E-state index in [0.717, 1.165) is 24.8 Å². The largest absolute Gasteiger partial charge is 0.289 e. The highest BCUT2D eigenvalue weighted by molar-refractivity contribution is 6.08. The van der Waals surface area contributed by atoms with Crippen molar-refractivity contribution in [2.24, 2.45) is 0 Å². The zero-order valence-corrected chi connectivity index (χ0v) is 7.42. The van der Waals surface area contributed by atoms with Crippen molar-refractivity contribution in [3.8, 4) is 0 Å². The summed E-state index contributed by atoms with van der Waals surface area (Å²) in [5.41, 5.74) is 1.63. The second kappa shape index (κ2) is 3.56. The van der Waals surface area contributed by atoms with Crippen LogP contribution in [0.4, 0.5) is 0 Å². The lowest BCUT2D eigenvalue weighted by atomic mass is 9.94. The molecule has 0 unspecified atom stereocenters. The number of carbonyl (C=O) groups is 1. The molecule has 3 nitrogen and oxygen atoms in total. The summed E-state index contributed by atoms with van der Waals surface area (Å²) in [6.45, 7) is 0. The van der Waals surface area contributed by atoms with E-state index in [2.05, 4.69) is 16.3 Å². The Hall–Kier alpha value is -1.38. The van der Waals surface area contributed by atoms with E-state index in [-0.39, 0.29) is 5.78 Å². The van der Waals surface area contributed by atoms with Crippen LogP contribution in [0.15, 0.2) is 24.0 Å². The lowest BCUT2D eigenvalue weighted by molar-refractivity contribution is 0.102. The summed E-state index contributed by atoms with van der Waals surface area (Å²) in [5.74, 6) is 0.133. The van der Waals surface area contributed by atoms with E-state index >= 15 is 0 Å². The number of hydrogen-bond acceptors (Lipinski definition) is 2. The van der Waals surface area contributed by atoms with Gasteiger partial charge in [-0.05, 0) is 31.3 Å². The summed E-state index contributed by atoms with van der Waals surface area (Å²) in [6.07, 6.45) is 9.59. The summed E-state index contributed by atoms with van der Waals surface area (Å²) in [5, 5.41) is 6.42. The average Bonchev–Trinajstić information content (AvgIpc) is 2.71. The molecule has 68 valence electrons. The fourth-order valence-electron chi connectivity index (χ4n) is 1.60. The van der Waals surface area contributed by atoms with Gasteiger partial charge in [0, 0.05) is 6.20 Å². The minimum Gasteiger partial charge on any atom is -0.289 e. The van der Waals surface area contributed by atoms with Gasteiger partial charge in [-0.25, -0.2) is 0 Å². The molecule has 0 spiro atoms. The number of rotatable bonds is 2. The van der Waals surface area contributed by atoms with Gasteiger partial charge < -0.3 is 0 Å². The third-order valence-electron chi connectivity index (χ3n) is 2.34. The average molecular weight is 176 g/mol. The first-order valence-electron chi connectivity index (χ1n) is 4.60. The number of aromatic amines is 1. The molecule has 1 aromatic heterocycles. The maximum Gasteiger partial charge on any atom is 0.191 e. The van der Waals surface area contributed by atoms with Crippen molar-refractivity contribution in [1.82, 2.24) is 10.2 Å². The normalized spacial score (nSPS) is 16.8.